The molecule has 0 unspecified atom stereocenters. The summed E-state index contributed by atoms with van der Waals surface area (Å²) in [5, 5.41) is 4.20. The first-order chi connectivity index (χ1) is 11.0. The molecule has 0 saturated carbocycles. The van der Waals surface area contributed by atoms with Gasteiger partial charge in [-0.25, -0.2) is 0 Å². The smallest absolute Gasteiger partial charge is 0.0417 e. The van der Waals surface area contributed by atoms with Gasteiger partial charge in [-0.3, -0.25) is 0 Å². The Bertz CT molecular complexity index is 668. The molecule has 0 radical (unpaired) electrons. The molecule has 0 aromatic heterocycles. The van der Waals surface area contributed by atoms with Crippen LogP contribution in [-0.4, -0.2) is 32.1 Å². The van der Waals surface area contributed by atoms with Gasteiger partial charge in [0, 0.05) is 29.1 Å². The van der Waals surface area contributed by atoms with Crippen LogP contribution in [-0.2, 0) is 6.54 Å². The van der Waals surface area contributed by atoms with E-state index in [1.165, 1.54) is 11.1 Å². The monoisotopic (exact) mass is 392 g/mol. The van der Waals surface area contributed by atoms with Gasteiger partial charge in [-0.05, 0) is 42.9 Å². The minimum absolute atomic E-state index is 0.736. The van der Waals surface area contributed by atoms with E-state index < -0.39 is 0 Å². The average molecular weight is 394 g/mol. The summed E-state index contributed by atoms with van der Waals surface area (Å²) < 4.78 is 1.00. The van der Waals surface area contributed by atoms with E-state index >= 15 is 0 Å². The molecule has 0 aliphatic heterocycles. The number of halogens is 2. The van der Waals surface area contributed by atoms with Crippen LogP contribution in [0.3, 0.4) is 0 Å². The molecule has 2 nitrogen and oxygen atoms in total. The molecule has 122 valence electrons. The maximum Gasteiger partial charge on any atom is 0.0417 e. The predicted molar refractivity (Wildman–Crippen MR) is 105 cm³/mol. The lowest BCUT2D eigenvalue weighted by Gasteiger charge is -2.10. The van der Waals surface area contributed by atoms with Crippen LogP contribution in [0.25, 0.3) is 12.2 Å². The third-order valence-electron chi connectivity index (χ3n) is 3.43. The first-order valence-corrected chi connectivity index (χ1v) is 8.79. The second-order valence-corrected chi connectivity index (χ2v) is 7.02. The van der Waals surface area contributed by atoms with Crippen LogP contribution in [0, 0.1) is 0 Å². The Morgan fingerprint density at radius 2 is 1.96 bits per heavy atom. The molecule has 0 fully saturated rings. The van der Waals surface area contributed by atoms with Crippen molar-refractivity contribution in [2.45, 2.75) is 6.54 Å². The number of nitrogens with zero attached hydrogens (tertiary/aromatic N) is 1. The molecule has 4 heteroatoms. The second-order valence-electron chi connectivity index (χ2n) is 5.72. The zero-order valence-electron chi connectivity index (χ0n) is 13.5. The SMILES string of the molecule is CN(C)CCNCc1cccc(/C=C/c2ccc(Cl)cc2Br)c1. The molecule has 0 aliphatic rings. The van der Waals surface area contributed by atoms with Gasteiger partial charge in [-0.2, -0.15) is 0 Å². The maximum atomic E-state index is 5.97. The highest BCUT2D eigenvalue weighted by Gasteiger charge is 1.98. The molecule has 0 aliphatic carbocycles. The maximum absolute atomic E-state index is 5.97. The summed E-state index contributed by atoms with van der Waals surface area (Å²) in [6.07, 6.45) is 4.22. The highest BCUT2D eigenvalue weighted by Crippen LogP contribution is 2.23. The fourth-order valence-electron chi connectivity index (χ4n) is 2.16. The Labute approximate surface area is 152 Å². The third kappa shape index (κ3) is 6.48. The van der Waals surface area contributed by atoms with E-state index in [-0.39, 0.29) is 0 Å². The minimum atomic E-state index is 0.736. The Morgan fingerprint density at radius 1 is 1.13 bits per heavy atom. The largest absolute Gasteiger partial charge is 0.311 e. The number of benzene rings is 2. The highest BCUT2D eigenvalue weighted by atomic mass is 79.9. The molecule has 0 amide bonds. The summed E-state index contributed by atoms with van der Waals surface area (Å²) in [7, 11) is 4.17. The fraction of sp³-hybridized carbons (Fsp3) is 0.263. The molecular weight excluding hydrogens is 372 g/mol. The van der Waals surface area contributed by atoms with Crippen LogP contribution in [0.5, 0.6) is 0 Å². The summed E-state index contributed by atoms with van der Waals surface area (Å²) in [5.41, 5.74) is 3.60. The van der Waals surface area contributed by atoms with Gasteiger partial charge in [-0.15, -0.1) is 0 Å². The molecule has 1 N–H and O–H groups in total. The van der Waals surface area contributed by atoms with Gasteiger partial charge in [0.1, 0.15) is 0 Å². The van der Waals surface area contributed by atoms with E-state index in [0.717, 1.165) is 34.7 Å². The van der Waals surface area contributed by atoms with Crippen LogP contribution in [0.1, 0.15) is 16.7 Å². The van der Waals surface area contributed by atoms with Crippen molar-refractivity contribution in [1.82, 2.24) is 10.2 Å². The molecule has 0 spiro atoms. The van der Waals surface area contributed by atoms with Crippen LogP contribution < -0.4 is 5.32 Å². The Kier molecular flexibility index (Phi) is 7.31. The van der Waals surface area contributed by atoms with E-state index in [0.29, 0.717) is 0 Å². The van der Waals surface area contributed by atoms with Crippen molar-refractivity contribution in [3.63, 3.8) is 0 Å². The summed E-state index contributed by atoms with van der Waals surface area (Å²) in [4.78, 5) is 2.18. The quantitative estimate of drug-likeness (QED) is 0.530. The van der Waals surface area contributed by atoms with Crippen LogP contribution in [0.4, 0.5) is 0 Å². The van der Waals surface area contributed by atoms with Crippen molar-refractivity contribution in [3.05, 3.63) is 68.7 Å². The minimum Gasteiger partial charge on any atom is -0.311 e. The van der Waals surface area contributed by atoms with Crippen LogP contribution in [0.2, 0.25) is 5.02 Å². The average Bonchev–Trinajstić information content (AvgIpc) is 2.51. The first-order valence-electron chi connectivity index (χ1n) is 7.62. The standard InChI is InChI=1S/C19H22BrClN2/c1-23(2)11-10-22-14-16-5-3-4-15(12-16)6-7-17-8-9-18(21)13-19(17)20/h3-9,12-13,22H,10-11,14H2,1-2H3/b7-6+. The highest BCUT2D eigenvalue weighted by molar-refractivity contribution is 9.10. The molecule has 0 saturated heterocycles. The molecule has 2 aromatic carbocycles. The zero-order valence-corrected chi connectivity index (χ0v) is 15.9. The predicted octanol–water partition coefficient (Wildman–Crippen LogP) is 4.92. The van der Waals surface area contributed by atoms with E-state index in [1.807, 2.05) is 18.2 Å². The summed E-state index contributed by atoms with van der Waals surface area (Å²) in [6, 6.07) is 14.4. The normalized spacial score (nSPS) is 11.5. The molecule has 0 atom stereocenters. The van der Waals surface area contributed by atoms with Gasteiger partial charge in [-0.1, -0.05) is 70.0 Å². The van der Waals surface area contributed by atoms with Crippen molar-refractivity contribution in [2.24, 2.45) is 0 Å². The first kappa shape index (κ1) is 18.2. The Morgan fingerprint density at radius 3 is 2.70 bits per heavy atom. The number of rotatable bonds is 7. The van der Waals surface area contributed by atoms with Crippen molar-refractivity contribution in [3.8, 4) is 0 Å². The van der Waals surface area contributed by atoms with Gasteiger partial charge >= 0.3 is 0 Å². The molecular formula is C19H22BrClN2. The van der Waals surface area contributed by atoms with Crippen LogP contribution >= 0.6 is 27.5 Å². The van der Waals surface area contributed by atoms with Gasteiger partial charge in [0.15, 0.2) is 0 Å². The number of likely N-dealkylation sites (N-methyl/N-ethyl adjacent to an activating group) is 1. The molecule has 0 heterocycles. The summed E-state index contributed by atoms with van der Waals surface area (Å²) in [5.74, 6) is 0. The van der Waals surface area contributed by atoms with Crippen molar-refractivity contribution in [1.29, 1.82) is 0 Å². The Balaban J connectivity index is 1.97. The number of nitrogens with one attached hydrogen (secondary N) is 1. The van der Waals surface area contributed by atoms with E-state index in [1.54, 1.807) is 0 Å². The van der Waals surface area contributed by atoms with Gasteiger partial charge < -0.3 is 10.2 Å². The summed E-state index contributed by atoms with van der Waals surface area (Å²) in [6.45, 7) is 2.93. The van der Waals surface area contributed by atoms with Gasteiger partial charge in [0.05, 0.1) is 0 Å². The number of hydrogen-bond donors (Lipinski definition) is 1. The second kappa shape index (κ2) is 9.24. The fourth-order valence-corrected chi connectivity index (χ4v) is 2.98. The number of hydrogen-bond acceptors (Lipinski definition) is 2. The van der Waals surface area contributed by atoms with Crippen molar-refractivity contribution >= 4 is 39.7 Å². The lowest BCUT2D eigenvalue weighted by Crippen LogP contribution is -2.26. The van der Waals surface area contributed by atoms with Crippen molar-refractivity contribution in [2.75, 3.05) is 27.2 Å². The Hall–Kier alpha value is -1.13. The summed E-state index contributed by atoms with van der Waals surface area (Å²) >= 11 is 9.51. The lowest BCUT2D eigenvalue weighted by atomic mass is 10.1. The van der Waals surface area contributed by atoms with E-state index in [2.05, 4.69) is 76.7 Å². The van der Waals surface area contributed by atoms with E-state index in [9.17, 15) is 0 Å². The topological polar surface area (TPSA) is 15.3 Å². The van der Waals surface area contributed by atoms with Gasteiger partial charge in [0.2, 0.25) is 0 Å². The molecule has 0 bridgehead atoms. The third-order valence-corrected chi connectivity index (χ3v) is 4.36. The lowest BCUT2D eigenvalue weighted by molar-refractivity contribution is 0.400. The molecule has 23 heavy (non-hydrogen) atoms. The van der Waals surface area contributed by atoms with Crippen molar-refractivity contribution < 1.29 is 0 Å². The van der Waals surface area contributed by atoms with Crippen LogP contribution in [0.15, 0.2) is 46.9 Å². The van der Waals surface area contributed by atoms with Gasteiger partial charge in [0.25, 0.3) is 0 Å². The van der Waals surface area contributed by atoms with E-state index in [4.69, 9.17) is 11.6 Å². The molecule has 2 rings (SSSR count). The molecule has 2 aromatic rings. The zero-order chi connectivity index (χ0) is 16.7.